The van der Waals surface area contributed by atoms with E-state index in [1.165, 1.54) is 128 Å². The Morgan fingerprint density at radius 2 is 0.709 bits per heavy atom. The van der Waals surface area contributed by atoms with Crippen LogP contribution in [-0.2, 0) is 6.42 Å². The third-order valence-corrected chi connectivity index (χ3v) is 10.6. The van der Waals surface area contributed by atoms with Gasteiger partial charge in [-0.05, 0) is 108 Å². The van der Waals surface area contributed by atoms with E-state index in [1.807, 2.05) is 48.5 Å². The van der Waals surface area contributed by atoms with Crippen LogP contribution in [0.3, 0.4) is 0 Å². The molecule has 0 heterocycles. The second-order valence-electron chi connectivity index (χ2n) is 16.0. The fourth-order valence-electron chi connectivity index (χ4n) is 7.06. The third-order valence-electron chi connectivity index (χ3n) is 10.6. The third kappa shape index (κ3) is 27.2. The smallest absolute Gasteiger partial charge is 0.319 e. The van der Waals surface area contributed by atoms with Crippen LogP contribution in [-0.4, -0.2) is 75.2 Å². The van der Waals surface area contributed by atoms with Gasteiger partial charge >= 0.3 is 12.1 Å². The van der Waals surface area contributed by atoms with Gasteiger partial charge in [0.25, 0.3) is 0 Å². The first kappa shape index (κ1) is 48.0. The Morgan fingerprint density at radius 1 is 0.418 bits per heavy atom. The van der Waals surface area contributed by atoms with E-state index >= 15 is 0 Å². The first-order valence-electron chi connectivity index (χ1n) is 22.5. The predicted molar refractivity (Wildman–Crippen MR) is 238 cm³/mol. The number of rotatable bonds is 34. The number of nitrogens with zero attached hydrogens (tertiary/aromatic N) is 2. The van der Waals surface area contributed by atoms with Gasteiger partial charge in [0.2, 0.25) is 0 Å². The number of anilines is 2. The van der Waals surface area contributed by atoms with Crippen molar-refractivity contribution in [1.29, 1.82) is 0 Å². The van der Waals surface area contributed by atoms with Crippen molar-refractivity contribution in [2.45, 2.75) is 162 Å². The molecule has 0 saturated carbocycles. The second-order valence-corrected chi connectivity index (χ2v) is 16.0. The largest absolute Gasteiger partial charge is 0.338 e. The fourth-order valence-corrected chi connectivity index (χ4v) is 7.06. The molecular weight excluding hydrogens is 681 g/mol. The molecule has 4 amide bonds. The van der Waals surface area contributed by atoms with Gasteiger partial charge in [0.05, 0.1) is 0 Å². The first-order valence-corrected chi connectivity index (χ1v) is 22.5. The van der Waals surface area contributed by atoms with Gasteiger partial charge in [-0.2, -0.15) is 0 Å². The molecule has 0 aliphatic carbocycles. The molecule has 2 aromatic carbocycles. The SMILES string of the molecule is CCCCCCCCCCCCN(C)CCCNC(=O)Nc1ccc(Cc2ccc(NC(=O)NCCCN(C)CCCCCCCCCCCC)cc2)cc1. The topological polar surface area (TPSA) is 88.7 Å². The van der Waals surface area contributed by atoms with E-state index in [0.717, 1.165) is 67.9 Å². The van der Waals surface area contributed by atoms with Crippen LogP contribution in [0, 0.1) is 0 Å². The Labute approximate surface area is 337 Å². The number of benzene rings is 2. The van der Waals surface area contributed by atoms with E-state index in [1.54, 1.807) is 0 Å². The number of urea groups is 2. The van der Waals surface area contributed by atoms with Gasteiger partial charge in [-0.25, -0.2) is 9.59 Å². The molecule has 0 aromatic heterocycles. The molecule has 8 nitrogen and oxygen atoms in total. The lowest BCUT2D eigenvalue weighted by Gasteiger charge is -2.16. The second kappa shape index (κ2) is 33.1. The maximum absolute atomic E-state index is 12.4. The minimum Gasteiger partial charge on any atom is -0.338 e. The van der Waals surface area contributed by atoms with Crippen LogP contribution < -0.4 is 21.3 Å². The molecule has 0 bridgehead atoms. The Balaban J connectivity index is 1.49. The summed E-state index contributed by atoms with van der Waals surface area (Å²) in [7, 11) is 4.36. The molecular formula is C47H82N6O2. The highest BCUT2D eigenvalue weighted by Crippen LogP contribution is 2.17. The molecule has 0 radical (unpaired) electrons. The quantitative estimate of drug-likeness (QED) is 0.0535. The van der Waals surface area contributed by atoms with Gasteiger partial charge in [0.1, 0.15) is 0 Å². The Morgan fingerprint density at radius 3 is 1.04 bits per heavy atom. The van der Waals surface area contributed by atoms with Crippen molar-refractivity contribution in [2.24, 2.45) is 0 Å². The zero-order chi connectivity index (χ0) is 39.6. The number of unbranched alkanes of at least 4 members (excludes halogenated alkanes) is 18. The van der Waals surface area contributed by atoms with Crippen molar-refractivity contribution >= 4 is 23.4 Å². The zero-order valence-electron chi connectivity index (χ0n) is 35.8. The minimum absolute atomic E-state index is 0.163. The monoisotopic (exact) mass is 763 g/mol. The summed E-state index contributed by atoms with van der Waals surface area (Å²) in [5.74, 6) is 0. The van der Waals surface area contributed by atoms with Crippen LogP contribution in [0.4, 0.5) is 21.0 Å². The first-order chi connectivity index (χ1) is 26.9. The molecule has 0 atom stereocenters. The maximum atomic E-state index is 12.4. The predicted octanol–water partition coefficient (Wildman–Crippen LogP) is 12.0. The van der Waals surface area contributed by atoms with E-state index in [9.17, 15) is 9.59 Å². The number of hydrogen-bond acceptors (Lipinski definition) is 4. The molecule has 2 aromatic rings. The maximum Gasteiger partial charge on any atom is 0.319 e. The zero-order valence-corrected chi connectivity index (χ0v) is 35.8. The van der Waals surface area contributed by atoms with Crippen molar-refractivity contribution < 1.29 is 9.59 Å². The van der Waals surface area contributed by atoms with Crippen LogP contribution in [0.25, 0.3) is 0 Å². The van der Waals surface area contributed by atoms with Crippen molar-refractivity contribution in [3.05, 3.63) is 59.7 Å². The van der Waals surface area contributed by atoms with Gasteiger partial charge in [0.15, 0.2) is 0 Å². The van der Waals surface area contributed by atoms with Crippen LogP contribution >= 0.6 is 0 Å². The van der Waals surface area contributed by atoms with E-state index in [4.69, 9.17) is 0 Å². The van der Waals surface area contributed by atoms with E-state index in [-0.39, 0.29) is 12.1 Å². The number of amides is 4. The van der Waals surface area contributed by atoms with Crippen molar-refractivity contribution in [3.63, 3.8) is 0 Å². The highest BCUT2D eigenvalue weighted by Gasteiger charge is 2.06. The minimum atomic E-state index is -0.163. The standard InChI is InChI=1S/C47H82N6O2/c1-5-7-9-11-13-15-17-19-21-23-37-52(3)39-25-35-48-46(54)50-44-31-27-42(28-32-44)41-43-29-33-45(34-30-43)51-47(55)49-36-26-40-53(4)38-24-22-20-18-16-14-12-10-8-6-2/h27-34H,5-26,35-41H2,1-4H3,(H2,48,50,54)(H2,49,51,55). The van der Waals surface area contributed by atoms with Crippen molar-refractivity contribution in [1.82, 2.24) is 20.4 Å². The lowest BCUT2D eigenvalue weighted by Crippen LogP contribution is -2.31. The van der Waals surface area contributed by atoms with Crippen LogP contribution in [0.2, 0.25) is 0 Å². The van der Waals surface area contributed by atoms with Gasteiger partial charge in [-0.1, -0.05) is 154 Å². The van der Waals surface area contributed by atoms with Crippen LogP contribution in [0.1, 0.15) is 166 Å². The Kier molecular flexibility index (Phi) is 28.9. The lowest BCUT2D eigenvalue weighted by molar-refractivity contribution is 0.250. The fraction of sp³-hybridized carbons (Fsp3) is 0.702. The number of hydrogen-bond donors (Lipinski definition) is 4. The number of nitrogens with one attached hydrogen (secondary N) is 4. The normalized spacial score (nSPS) is 11.3. The summed E-state index contributed by atoms with van der Waals surface area (Å²) in [6, 6.07) is 15.7. The molecule has 0 aliphatic rings. The molecule has 0 saturated heterocycles. The summed E-state index contributed by atoms with van der Waals surface area (Å²) < 4.78 is 0. The summed E-state index contributed by atoms with van der Waals surface area (Å²) >= 11 is 0. The van der Waals surface area contributed by atoms with Crippen LogP contribution in [0.5, 0.6) is 0 Å². The molecule has 0 aliphatic heterocycles. The molecule has 8 heteroatoms. The van der Waals surface area contributed by atoms with E-state index < -0.39 is 0 Å². The Bertz CT molecular complexity index is 1110. The van der Waals surface area contributed by atoms with E-state index in [0.29, 0.717) is 13.1 Å². The molecule has 312 valence electrons. The number of carbonyl (C=O) groups is 2. The molecule has 0 spiro atoms. The molecule has 0 unspecified atom stereocenters. The van der Waals surface area contributed by atoms with Crippen molar-refractivity contribution in [3.8, 4) is 0 Å². The molecule has 0 fully saturated rings. The van der Waals surface area contributed by atoms with E-state index in [2.05, 4.69) is 59.0 Å². The van der Waals surface area contributed by atoms with Gasteiger partial charge in [0, 0.05) is 24.5 Å². The lowest BCUT2D eigenvalue weighted by atomic mass is 10.0. The average molecular weight is 763 g/mol. The average Bonchev–Trinajstić information content (AvgIpc) is 3.18. The molecule has 4 N–H and O–H groups in total. The Hall–Kier alpha value is -3.10. The van der Waals surface area contributed by atoms with Crippen LogP contribution in [0.15, 0.2) is 48.5 Å². The van der Waals surface area contributed by atoms with Gasteiger partial charge in [-0.3, -0.25) is 0 Å². The molecule has 2 rings (SSSR count). The summed E-state index contributed by atoms with van der Waals surface area (Å²) in [4.78, 5) is 29.6. The summed E-state index contributed by atoms with van der Waals surface area (Å²) in [6.45, 7) is 10.1. The number of carbonyl (C=O) groups excluding carboxylic acids is 2. The summed E-state index contributed by atoms with van der Waals surface area (Å²) in [5, 5.41) is 11.9. The molecule has 55 heavy (non-hydrogen) atoms. The highest BCUT2D eigenvalue weighted by atomic mass is 16.2. The summed E-state index contributed by atoms with van der Waals surface area (Å²) in [5.41, 5.74) is 3.89. The highest BCUT2D eigenvalue weighted by molar-refractivity contribution is 5.89. The summed E-state index contributed by atoms with van der Waals surface area (Å²) in [6.07, 6.45) is 29.9. The van der Waals surface area contributed by atoms with Gasteiger partial charge in [-0.15, -0.1) is 0 Å². The van der Waals surface area contributed by atoms with Crippen molar-refractivity contribution in [2.75, 3.05) is 64.0 Å². The van der Waals surface area contributed by atoms with Gasteiger partial charge < -0.3 is 31.1 Å².